The average Bonchev–Trinajstić information content (AvgIpc) is 2.24. The second-order valence-corrected chi connectivity index (χ2v) is 5.26. The highest BCUT2D eigenvalue weighted by Gasteiger charge is 2.31. The van der Waals surface area contributed by atoms with Crippen molar-refractivity contribution in [1.82, 2.24) is 10.2 Å². The molecule has 1 fully saturated rings. The van der Waals surface area contributed by atoms with Gasteiger partial charge in [0.1, 0.15) is 0 Å². The van der Waals surface area contributed by atoms with Gasteiger partial charge in [0.15, 0.2) is 0 Å². The lowest BCUT2D eigenvalue weighted by Gasteiger charge is -2.35. The molecule has 0 atom stereocenters. The van der Waals surface area contributed by atoms with E-state index in [1.165, 1.54) is 19.3 Å². The van der Waals surface area contributed by atoms with Gasteiger partial charge >= 0.3 is 0 Å². The Morgan fingerprint density at radius 2 is 2.06 bits per heavy atom. The smallest absolute Gasteiger partial charge is 0.242 e. The summed E-state index contributed by atoms with van der Waals surface area (Å²) in [6.45, 7) is 9.01. The Morgan fingerprint density at radius 3 is 2.75 bits per heavy atom. The lowest BCUT2D eigenvalue weighted by molar-refractivity contribution is -0.137. The fourth-order valence-electron chi connectivity index (χ4n) is 2.17. The molecule has 94 valence electrons. The molecule has 0 aromatic rings. The fraction of sp³-hybridized carbons (Fsp3) is 0.923. The first-order valence-corrected chi connectivity index (χ1v) is 6.62. The van der Waals surface area contributed by atoms with Crippen LogP contribution < -0.4 is 5.32 Å². The van der Waals surface area contributed by atoms with Crippen LogP contribution in [0.4, 0.5) is 0 Å². The molecule has 3 nitrogen and oxygen atoms in total. The summed E-state index contributed by atoms with van der Waals surface area (Å²) in [7, 11) is 0. The van der Waals surface area contributed by atoms with Gasteiger partial charge in [0.05, 0.1) is 5.54 Å². The highest BCUT2D eigenvalue weighted by Crippen LogP contribution is 2.13. The fourth-order valence-corrected chi connectivity index (χ4v) is 2.17. The molecule has 1 heterocycles. The Morgan fingerprint density at radius 1 is 1.31 bits per heavy atom. The number of hydrogen-bond acceptors (Lipinski definition) is 2. The van der Waals surface area contributed by atoms with Gasteiger partial charge in [0, 0.05) is 13.1 Å². The topological polar surface area (TPSA) is 32.3 Å². The first kappa shape index (κ1) is 13.5. The molecule has 16 heavy (non-hydrogen) atoms. The van der Waals surface area contributed by atoms with Crippen molar-refractivity contribution in [3.63, 3.8) is 0 Å². The molecule has 3 heteroatoms. The molecule has 0 bridgehead atoms. The summed E-state index contributed by atoms with van der Waals surface area (Å²) in [5.41, 5.74) is -0.382. The molecular weight excluding hydrogens is 200 g/mol. The number of carbonyl (C=O) groups excluding carboxylic acids is 1. The molecular formula is C13H26N2O. The number of unbranched alkanes of at least 4 members (excludes halogenated alkanes) is 2. The van der Waals surface area contributed by atoms with Gasteiger partial charge in [-0.25, -0.2) is 0 Å². The third-order valence-corrected chi connectivity index (χ3v) is 3.28. The van der Waals surface area contributed by atoms with Crippen LogP contribution in [-0.4, -0.2) is 36.0 Å². The normalized spacial score (nSPS) is 21.7. The van der Waals surface area contributed by atoms with E-state index in [1.54, 1.807) is 0 Å². The lowest BCUT2D eigenvalue weighted by Crippen LogP contribution is -2.56. The van der Waals surface area contributed by atoms with Crippen LogP contribution in [0.2, 0.25) is 0 Å². The molecule has 1 N–H and O–H groups in total. The third kappa shape index (κ3) is 3.78. The van der Waals surface area contributed by atoms with Crippen molar-refractivity contribution in [2.45, 2.75) is 58.4 Å². The van der Waals surface area contributed by atoms with Crippen LogP contribution in [0.25, 0.3) is 0 Å². The monoisotopic (exact) mass is 226 g/mol. The van der Waals surface area contributed by atoms with E-state index in [-0.39, 0.29) is 11.4 Å². The van der Waals surface area contributed by atoms with Crippen molar-refractivity contribution in [1.29, 1.82) is 0 Å². The SMILES string of the molecule is CCCCCN1CCCCNC(C)(C)C1=O. The second-order valence-electron chi connectivity index (χ2n) is 5.26. The van der Waals surface area contributed by atoms with E-state index in [4.69, 9.17) is 0 Å². The number of hydrogen-bond donors (Lipinski definition) is 1. The van der Waals surface area contributed by atoms with Crippen LogP contribution in [0.1, 0.15) is 52.9 Å². The second kappa shape index (κ2) is 6.24. The van der Waals surface area contributed by atoms with Gasteiger partial charge in [-0.3, -0.25) is 4.79 Å². The Kier molecular flexibility index (Phi) is 5.26. The molecule has 1 saturated heterocycles. The Balaban J connectivity index is 2.53. The van der Waals surface area contributed by atoms with Gasteiger partial charge in [-0.05, 0) is 39.7 Å². The summed E-state index contributed by atoms with van der Waals surface area (Å²) in [5.74, 6) is 0.267. The predicted molar refractivity (Wildman–Crippen MR) is 67.4 cm³/mol. The van der Waals surface area contributed by atoms with Crippen molar-refractivity contribution in [3.05, 3.63) is 0 Å². The van der Waals surface area contributed by atoms with E-state index < -0.39 is 0 Å². The number of nitrogens with zero attached hydrogens (tertiary/aromatic N) is 1. The highest BCUT2D eigenvalue weighted by atomic mass is 16.2. The standard InChI is InChI=1S/C13H26N2O/c1-4-5-7-10-15-11-8-6-9-14-13(2,3)12(15)16/h14H,4-11H2,1-3H3. The molecule has 1 amide bonds. The van der Waals surface area contributed by atoms with Crippen LogP contribution in [0.5, 0.6) is 0 Å². The van der Waals surface area contributed by atoms with Crippen molar-refractivity contribution in [3.8, 4) is 0 Å². The zero-order valence-electron chi connectivity index (χ0n) is 11.0. The zero-order valence-corrected chi connectivity index (χ0v) is 11.0. The summed E-state index contributed by atoms with van der Waals surface area (Å²) < 4.78 is 0. The maximum atomic E-state index is 12.3. The minimum absolute atomic E-state index is 0.267. The van der Waals surface area contributed by atoms with E-state index in [9.17, 15) is 4.79 Å². The zero-order chi connectivity index (χ0) is 12.0. The van der Waals surface area contributed by atoms with Crippen molar-refractivity contribution < 1.29 is 4.79 Å². The molecule has 0 unspecified atom stereocenters. The first-order chi connectivity index (χ1) is 7.58. The predicted octanol–water partition coefficient (Wildman–Crippen LogP) is 2.17. The molecule has 0 saturated carbocycles. The Bertz CT molecular complexity index is 226. The summed E-state index contributed by atoms with van der Waals surface area (Å²) in [6.07, 6.45) is 5.86. The van der Waals surface area contributed by atoms with E-state index in [0.717, 1.165) is 32.5 Å². The quantitative estimate of drug-likeness (QED) is 0.745. The maximum Gasteiger partial charge on any atom is 0.242 e. The van der Waals surface area contributed by atoms with Gasteiger partial charge in [-0.15, -0.1) is 0 Å². The summed E-state index contributed by atoms with van der Waals surface area (Å²) in [6, 6.07) is 0. The summed E-state index contributed by atoms with van der Waals surface area (Å²) in [5, 5.41) is 3.34. The van der Waals surface area contributed by atoms with E-state index in [1.807, 2.05) is 18.7 Å². The van der Waals surface area contributed by atoms with Gasteiger partial charge < -0.3 is 10.2 Å². The molecule has 0 aromatic carbocycles. The van der Waals surface area contributed by atoms with Gasteiger partial charge in [-0.2, -0.15) is 0 Å². The van der Waals surface area contributed by atoms with Crippen LogP contribution >= 0.6 is 0 Å². The Labute approximate surface area is 99.6 Å². The maximum absolute atomic E-state index is 12.3. The molecule has 1 aliphatic heterocycles. The number of nitrogens with one attached hydrogen (secondary N) is 1. The number of amides is 1. The average molecular weight is 226 g/mol. The van der Waals surface area contributed by atoms with Crippen LogP contribution in [0.15, 0.2) is 0 Å². The summed E-state index contributed by atoms with van der Waals surface area (Å²) >= 11 is 0. The lowest BCUT2D eigenvalue weighted by atomic mass is 10.0. The van der Waals surface area contributed by atoms with E-state index in [0.29, 0.717) is 0 Å². The van der Waals surface area contributed by atoms with Crippen molar-refractivity contribution >= 4 is 5.91 Å². The molecule has 0 aromatic heterocycles. The largest absolute Gasteiger partial charge is 0.341 e. The van der Waals surface area contributed by atoms with Crippen molar-refractivity contribution in [2.75, 3.05) is 19.6 Å². The first-order valence-electron chi connectivity index (χ1n) is 6.62. The third-order valence-electron chi connectivity index (χ3n) is 3.28. The van der Waals surface area contributed by atoms with E-state index >= 15 is 0 Å². The Hall–Kier alpha value is -0.570. The van der Waals surface area contributed by atoms with Crippen LogP contribution in [0, 0.1) is 0 Å². The molecule has 1 rings (SSSR count). The minimum Gasteiger partial charge on any atom is -0.341 e. The van der Waals surface area contributed by atoms with Gasteiger partial charge in [0.25, 0.3) is 0 Å². The van der Waals surface area contributed by atoms with Crippen molar-refractivity contribution in [2.24, 2.45) is 0 Å². The van der Waals surface area contributed by atoms with Crippen LogP contribution in [0.3, 0.4) is 0 Å². The molecule has 0 radical (unpaired) electrons. The molecule has 1 aliphatic rings. The van der Waals surface area contributed by atoms with E-state index in [2.05, 4.69) is 12.2 Å². The number of rotatable bonds is 4. The van der Waals surface area contributed by atoms with Gasteiger partial charge in [0.2, 0.25) is 5.91 Å². The molecule has 0 aliphatic carbocycles. The summed E-state index contributed by atoms with van der Waals surface area (Å²) in [4.78, 5) is 14.3. The highest BCUT2D eigenvalue weighted by molar-refractivity contribution is 5.85. The number of carbonyl (C=O) groups is 1. The molecule has 0 spiro atoms. The minimum atomic E-state index is -0.382. The van der Waals surface area contributed by atoms with Crippen LogP contribution in [-0.2, 0) is 4.79 Å². The van der Waals surface area contributed by atoms with Gasteiger partial charge in [-0.1, -0.05) is 19.8 Å².